The summed E-state index contributed by atoms with van der Waals surface area (Å²) in [5, 5.41) is 4.18. The number of hydrogen-bond donors (Lipinski definition) is 0. The number of halogens is 1. The zero-order valence-corrected chi connectivity index (χ0v) is 10.4. The molecule has 0 aromatic carbocycles. The van der Waals surface area contributed by atoms with Crippen LogP contribution in [0.15, 0.2) is 23.3 Å². The number of aromatic nitrogens is 3. The number of alkyl halides is 1. The molecule has 0 aliphatic heterocycles. The fourth-order valence-corrected chi connectivity index (χ4v) is 1.75. The largest absolute Gasteiger partial charge is 0.378 e. The molecule has 2 aromatic rings. The summed E-state index contributed by atoms with van der Waals surface area (Å²) in [6, 6.07) is 1.78. The van der Waals surface area contributed by atoms with E-state index in [1.54, 1.807) is 27.5 Å². The number of ether oxygens (including phenoxy) is 1. The summed E-state index contributed by atoms with van der Waals surface area (Å²) < 4.78 is 8.45. The van der Waals surface area contributed by atoms with E-state index in [1.807, 2.05) is 6.92 Å². The van der Waals surface area contributed by atoms with Crippen LogP contribution in [0.25, 0.3) is 5.52 Å². The first-order chi connectivity index (χ1) is 8.22. The lowest BCUT2D eigenvalue weighted by Crippen LogP contribution is -2.23. The van der Waals surface area contributed by atoms with Gasteiger partial charge in [-0.1, -0.05) is 0 Å². The molecule has 0 unspecified atom stereocenters. The first kappa shape index (κ1) is 12.1. The minimum Gasteiger partial charge on any atom is -0.378 e. The molecule has 0 N–H and O–H groups in total. The van der Waals surface area contributed by atoms with Gasteiger partial charge in [-0.3, -0.25) is 4.79 Å². The average molecular weight is 256 g/mol. The molecular formula is C11H14ClN3O2. The van der Waals surface area contributed by atoms with Crippen molar-refractivity contribution in [3.05, 3.63) is 34.5 Å². The molecule has 6 heteroatoms. The Kier molecular flexibility index (Phi) is 3.81. The maximum Gasteiger partial charge on any atom is 0.276 e. The summed E-state index contributed by atoms with van der Waals surface area (Å²) in [6.07, 6.45) is 3.48. The van der Waals surface area contributed by atoms with Gasteiger partial charge in [-0.05, 0) is 13.0 Å². The fraction of sp³-hybridized carbons (Fsp3) is 0.455. The second-order valence-electron chi connectivity index (χ2n) is 3.71. The van der Waals surface area contributed by atoms with Crippen molar-refractivity contribution in [2.75, 3.05) is 19.1 Å². The quantitative estimate of drug-likeness (QED) is 0.593. The molecule has 0 amide bonds. The number of hydrogen-bond acceptors (Lipinski definition) is 3. The SMILES string of the molecule is Cc1cc2c(=O)n(CCOCCCl)ccn2n1. The van der Waals surface area contributed by atoms with E-state index in [4.69, 9.17) is 16.3 Å². The summed E-state index contributed by atoms with van der Waals surface area (Å²) in [5.74, 6) is 0.468. The van der Waals surface area contributed by atoms with Crippen LogP contribution in [0.4, 0.5) is 0 Å². The Hall–Kier alpha value is -1.33. The van der Waals surface area contributed by atoms with Crippen LogP contribution < -0.4 is 5.56 Å². The van der Waals surface area contributed by atoms with Crippen molar-refractivity contribution >= 4 is 17.1 Å². The van der Waals surface area contributed by atoms with E-state index >= 15 is 0 Å². The summed E-state index contributed by atoms with van der Waals surface area (Å²) in [4.78, 5) is 12.0. The number of rotatable bonds is 5. The average Bonchev–Trinajstić information content (AvgIpc) is 2.69. The third-order valence-corrected chi connectivity index (χ3v) is 2.58. The van der Waals surface area contributed by atoms with Crippen molar-refractivity contribution in [2.24, 2.45) is 0 Å². The second kappa shape index (κ2) is 5.33. The van der Waals surface area contributed by atoms with E-state index in [1.165, 1.54) is 0 Å². The third kappa shape index (κ3) is 2.68. The molecule has 0 radical (unpaired) electrons. The van der Waals surface area contributed by atoms with Crippen molar-refractivity contribution in [2.45, 2.75) is 13.5 Å². The predicted octanol–water partition coefficient (Wildman–Crippen LogP) is 1.06. The summed E-state index contributed by atoms with van der Waals surface area (Å²) in [5.41, 5.74) is 1.36. The minimum atomic E-state index is -0.0532. The van der Waals surface area contributed by atoms with E-state index in [0.29, 0.717) is 31.2 Å². The van der Waals surface area contributed by atoms with E-state index in [0.717, 1.165) is 5.69 Å². The molecule has 0 saturated carbocycles. The predicted molar refractivity (Wildman–Crippen MR) is 65.7 cm³/mol. The van der Waals surface area contributed by atoms with Crippen LogP contribution in [0.5, 0.6) is 0 Å². The van der Waals surface area contributed by atoms with Gasteiger partial charge < -0.3 is 9.30 Å². The second-order valence-corrected chi connectivity index (χ2v) is 4.09. The van der Waals surface area contributed by atoms with Crippen molar-refractivity contribution in [3.8, 4) is 0 Å². The first-order valence-corrected chi connectivity index (χ1v) is 5.95. The molecule has 0 fully saturated rings. The highest BCUT2D eigenvalue weighted by molar-refractivity contribution is 6.17. The van der Waals surface area contributed by atoms with Gasteiger partial charge in [-0.15, -0.1) is 11.6 Å². The summed E-state index contributed by atoms with van der Waals surface area (Å²) >= 11 is 5.49. The molecule has 2 heterocycles. The van der Waals surface area contributed by atoms with Gasteiger partial charge in [0.05, 0.1) is 18.9 Å². The van der Waals surface area contributed by atoms with Gasteiger partial charge in [-0.25, -0.2) is 4.52 Å². The Bertz CT molecular complexity index is 561. The van der Waals surface area contributed by atoms with Gasteiger partial charge in [0, 0.05) is 24.8 Å². The molecule has 0 aliphatic rings. The highest BCUT2D eigenvalue weighted by Crippen LogP contribution is 1.99. The fourth-order valence-electron chi connectivity index (χ4n) is 1.64. The number of fused-ring (bicyclic) bond motifs is 1. The highest BCUT2D eigenvalue weighted by atomic mass is 35.5. The molecule has 2 aromatic heterocycles. The van der Waals surface area contributed by atoms with Crippen LogP contribution >= 0.6 is 11.6 Å². The maximum absolute atomic E-state index is 12.0. The minimum absolute atomic E-state index is 0.0532. The van der Waals surface area contributed by atoms with Gasteiger partial charge in [0.1, 0.15) is 5.52 Å². The van der Waals surface area contributed by atoms with E-state index in [2.05, 4.69) is 5.10 Å². The van der Waals surface area contributed by atoms with Crippen molar-refractivity contribution in [1.82, 2.24) is 14.2 Å². The lowest BCUT2D eigenvalue weighted by molar-refractivity contribution is 0.140. The van der Waals surface area contributed by atoms with Gasteiger partial charge in [-0.2, -0.15) is 5.10 Å². The molecular weight excluding hydrogens is 242 g/mol. The summed E-state index contributed by atoms with van der Waals surface area (Å²) in [6.45, 7) is 3.37. The Morgan fingerprint density at radius 3 is 3.00 bits per heavy atom. The van der Waals surface area contributed by atoms with E-state index in [-0.39, 0.29) is 5.56 Å². The van der Waals surface area contributed by atoms with Crippen LogP contribution in [0.3, 0.4) is 0 Å². The molecule has 0 spiro atoms. The van der Waals surface area contributed by atoms with Crippen LogP contribution in [-0.4, -0.2) is 33.3 Å². The number of aryl methyl sites for hydroxylation is 1. The molecule has 17 heavy (non-hydrogen) atoms. The third-order valence-electron chi connectivity index (χ3n) is 2.42. The normalized spacial score (nSPS) is 11.2. The van der Waals surface area contributed by atoms with Crippen LogP contribution in [0.2, 0.25) is 0 Å². The van der Waals surface area contributed by atoms with Crippen molar-refractivity contribution < 1.29 is 4.74 Å². The molecule has 0 aliphatic carbocycles. The zero-order chi connectivity index (χ0) is 12.3. The molecule has 0 bridgehead atoms. The molecule has 5 nitrogen and oxygen atoms in total. The Labute approximate surface area is 104 Å². The lowest BCUT2D eigenvalue weighted by Gasteiger charge is -2.06. The number of nitrogens with zero attached hydrogens (tertiary/aromatic N) is 3. The van der Waals surface area contributed by atoms with Crippen molar-refractivity contribution in [1.29, 1.82) is 0 Å². The smallest absolute Gasteiger partial charge is 0.276 e. The van der Waals surface area contributed by atoms with Gasteiger partial charge >= 0.3 is 0 Å². The van der Waals surface area contributed by atoms with Gasteiger partial charge in [0.25, 0.3) is 5.56 Å². The monoisotopic (exact) mass is 255 g/mol. The van der Waals surface area contributed by atoms with E-state index in [9.17, 15) is 4.79 Å². The molecule has 0 saturated heterocycles. The Morgan fingerprint density at radius 2 is 2.24 bits per heavy atom. The zero-order valence-electron chi connectivity index (χ0n) is 9.60. The summed E-state index contributed by atoms with van der Waals surface area (Å²) in [7, 11) is 0. The lowest BCUT2D eigenvalue weighted by atomic mass is 10.4. The van der Waals surface area contributed by atoms with Gasteiger partial charge in [0.2, 0.25) is 0 Å². The molecule has 0 atom stereocenters. The molecule has 92 valence electrons. The van der Waals surface area contributed by atoms with Crippen LogP contribution in [-0.2, 0) is 11.3 Å². The van der Waals surface area contributed by atoms with Crippen molar-refractivity contribution in [3.63, 3.8) is 0 Å². The molecule has 2 rings (SSSR count). The Balaban J connectivity index is 2.18. The van der Waals surface area contributed by atoms with Crippen LogP contribution in [0.1, 0.15) is 5.69 Å². The van der Waals surface area contributed by atoms with Gasteiger partial charge in [0.15, 0.2) is 0 Å². The van der Waals surface area contributed by atoms with E-state index < -0.39 is 0 Å². The topological polar surface area (TPSA) is 48.5 Å². The standard InChI is InChI=1S/C11H14ClN3O2/c1-9-8-10-11(16)14(3-4-15(10)13-9)5-7-17-6-2-12/h3-4,8H,2,5-7H2,1H3. The van der Waals surface area contributed by atoms with Crippen LogP contribution in [0, 0.1) is 6.92 Å². The maximum atomic E-state index is 12.0. The highest BCUT2D eigenvalue weighted by Gasteiger charge is 2.04. The first-order valence-electron chi connectivity index (χ1n) is 5.41. The Morgan fingerprint density at radius 1 is 1.41 bits per heavy atom.